The Morgan fingerprint density at radius 2 is 2.08 bits per heavy atom. The van der Waals surface area contributed by atoms with Gasteiger partial charge in [-0.3, -0.25) is 9.69 Å². The summed E-state index contributed by atoms with van der Waals surface area (Å²) in [6.07, 6.45) is 12.3. The average molecular weight is 348 g/mol. The SMILES string of the molecule is Cc1nc(CN2CCCCC2)sc1C(=O)NCCC1=CCCCC1. The van der Waals surface area contributed by atoms with Crippen LogP contribution in [0.25, 0.3) is 0 Å². The van der Waals surface area contributed by atoms with Crippen LogP contribution in [0.5, 0.6) is 0 Å². The quantitative estimate of drug-likeness (QED) is 0.789. The topological polar surface area (TPSA) is 45.2 Å². The van der Waals surface area contributed by atoms with Crippen molar-refractivity contribution in [2.75, 3.05) is 19.6 Å². The fourth-order valence-corrected chi connectivity index (χ4v) is 4.61. The van der Waals surface area contributed by atoms with Crippen molar-refractivity contribution in [3.8, 4) is 0 Å². The van der Waals surface area contributed by atoms with Crippen molar-refractivity contribution in [2.24, 2.45) is 0 Å². The number of aryl methyl sites for hydroxylation is 1. The van der Waals surface area contributed by atoms with E-state index in [1.165, 1.54) is 50.5 Å². The smallest absolute Gasteiger partial charge is 0.263 e. The number of thiazole rings is 1. The fraction of sp³-hybridized carbons (Fsp3) is 0.684. The van der Waals surface area contributed by atoms with Gasteiger partial charge in [-0.25, -0.2) is 4.98 Å². The predicted octanol–water partition coefficient (Wildman–Crippen LogP) is 4.06. The molecule has 0 radical (unpaired) electrons. The molecule has 1 aromatic heterocycles. The van der Waals surface area contributed by atoms with E-state index in [9.17, 15) is 4.79 Å². The van der Waals surface area contributed by atoms with Gasteiger partial charge in [-0.1, -0.05) is 18.1 Å². The highest BCUT2D eigenvalue weighted by atomic mass is 32.1. The molecule has 1 aliphatic carbocycles. The van der Waals surface area contributed by atoms with Crippen LogP contribution >= 0.6 is 11.3 Å². The summed E-state index contributed by atoms with van der Waals surface area (Å²) in [5.74, 6) is 0.0475. The van der Waals surface area contributed by atoms with Crippen molar-refractivity contribution in [2.45, 2.75) is 64.8 Å². The Morgan fingerprint density at radius 3 is 2.83 bits per heavy atom. The molecule has 1 amide bonds. The number of nitrogens with one attached hydrogen (secondary N) is 1. The highest BCUT2D eigenvalue weighted by Gasteiger charge is 2.18. The summed E-state index contributed by atoms with van der Waals surface area (Å²) in [7, 11) is 0. The van der Waals surface area contributed by atoms with Gasteiger partial charge in [0.15, 0.2) is 0 Å². The van der Waals surface area contributed by atoms with Crippen molar-refractivity contribution < 1.29 is 4.79 Å². The van der Waals surface area contributed by atoms with Gasteiger partial charge in [-0.05, 0) is 65.0 Å². The van der Waals surface area contributed by atoms with Crippen LogP contribution in [-0.4, -0.2) is 35.4 Å². The Hall–Kier alpha value is -1.20. The van der Waals surface area contributed by atoms with Crippen LogP contribution in [0, 0.1) is 6.92 Å². The molecule has 1 saturated heterocycles. The first kappa shape index (κ1) is 17.6. The number of hydrogen-bond acceptors (Lipinski definition) is 4. The molecule has 4 nitrogen and oxygen atoms in total. The molecular weight excluding hydrogens is 318 g/mol. The van der Waals surface area contributed by atoms with Crippen LogP contribution in [0.2, 0.25) is 0 Å². The second kappa shape index (κ2) is 8.77. The zero-order valence-electron chi connectivity index (χ0n) is 14.8. The Labute approximate surface area is 149 Å². The lowest BCUT2D eigenvalue weighted by Gasteiger charge is -2.25. The van der Waals surface area contributed by atoms with E-state index >= 15 is 0 Å². The molecular formula is C19H29N3OS. The van der Waals surface area contributed by atoms with E-state index in [2.05, 4.69) is 21.3 Å². The zero-order valence-corrected chi connectivity index (χ0v) is 15.6. The van der Waals surface area contributed by atoms with Crippen molar-refractivity contribution in [1.82, 2.24) is 15.2 Å². The number of amides is 1. The molecule has 0 aromatic carbocycles. The summed E-state index contributed by atoms with van der Waals surface area (Å²) >= 11 is 1.57. The third-order valence-electron chi connectivity index (χ3n) is 4.97. The maximum Gasteiger partial charge on any atom is 0.263 e. The number of carbonyl (C=O) groups is 1. The summed E-state index contributed by atoms with van der Waals surface area (Å²) in [5.41, 5.74) is 2.38. The average Bonchev–Trinajstić information content (AvgIpc) is 2.97. The standard InChI is InChI=1S/C19H29N3OS/c1-15-18(19(23)20-11-10-16-8-4-2-5-9-16)24-17(21-15)14-22-12-6-3-7-13-22/h8H,2-7,9-14H2,1H3,(H,20,23). The van der Waals surface area contributed by atoms with Gasteiger partial charge in [0, 0.05) is 6.54 Å². The third kappa shape index (κ3) is 4.90. The minimum atomic E-state index is 0.0475. The Balaban J connectivity index is 1.49. The fourth-order valence-electron chi connectivity index (χ4n) is 3.59. The van der Waals surface area contributed by atoms with Gasteiger partial charge in [0.25, 0.3) is 5.91 Å². The second-order valence-corrected chi connectivity index (χ2v) is 8.06. The minimum absolute atomic E-state index is 0.0475. The van der Waals surface area contributed by atoms with Crippen LogP contribution in [0.4, 0.5) is 0 Å². The maximum atomic E-state index is 12.4. The van der Waals surface area contributed by atoms with Gasteiger partial charge >= 0.3 is 0 Å². The van der Waals surface area contributed by atoms with E-state index in [0.29, 0.717) is 0 Å². The zero-order chi connectivity index (χ0) is 16.8. The number of carbonyl (C=O) groups excluding carboxylic acids is 1. The molecule has 0 saturated carbocycles. The molecule has 0 bridgehead atoms. The molecule has 132 valence electrons. The molecule has 5 heteroatoms. The maximum absolute atomic E-state index is 12.4. The molecule has 1 fully saturated rings. The number of allylic oxidation sites excluding steroid dienone is 1. The molecule has 1 aromatic rings. The number of rotatable bonds is 6. The van der Waals surface area contributed by atoms with E-state index in [1.807, 2.05) is 6.92 Å². The molecule has 1 N–H and O–H groups in total. The van der Waals surface area contributed by atoms with Gasteiger partial charge in [-0.2, -0.15) is 0 Å². The third-order valence-corrected chi connectivity index (χ3v) is 6.11. The molecule has 3 rings (SSSR count). The number of piperidine rings is 1. The monoisotopic (exact) mass is 347 g/mol. The first-order valence-corrected chi connectivity index (χ1v) is 10.2. The molecule has 2 aliphatic rings. The number of likely N-dealkylation sites (tertiary alicyclic amines) is 1. The van der Waals surface area contributed by atoms with Crippen molar-refractivity contribution >= 4 is 17.2 Å². The lowest BCUT2D eigenvalue weighted by atomic mass is 9.97. The molecule has 0 atom stereocenters. The first-order chi connectivity index (χ1) is 11.7. The van der Waals surface area contributed by atoms with Gasteiger partial charge in [-0.15, -0.1) is 11.3 Å². The van der Waals surface area contributed by atoms with Gasteiger partial charge in [0.2, 0.25) is 0 Å². The molecule has 0 unspecified atom stereocenters. The van der Waals surface area contributed by atoms with E-state index in [-0.39, 0.29) is 5.91 Å². The minimum Gasteiger partial charge on any atom is -0.351 e. The second-order valence-electron chi connectivity index (χ2n) is 6.97. The van der Waals surface area contributed by atoms with E-state index in [1.54, 1.807) is 11.3 Å². The highest BCUT2D eigenvalue weighted by Crippen LogP contribution is 2.22. The lowest BCUT2D eigenvalue weighted by molar-refractivity contribution is 0.0957. The van der Waals surface area contributed by atoms with Crippen LogP contribution in [0.3, 0.4) is 0 Å². The summed E-state index contributed by atoms with van der Waals surface area (Å²) in [6.45, 7) is 5.91. The summed E-state index contributed by atoms with van der Waals surface area (Å²) < 4.78 is 0. The summed E-state index contributed by atoms with van der Waals surface area (Å²) in [6, 6.07) is 0. The number of hydrogen-bond donors (Lipinski definition) is 1. The van der Waals surface area contributed by atoms with Crippen molar-refractivity contribution in [3.05, 3.63) is 27.2 Å². The Kier molecular flexibility index (Phi) is 6.44. The Morgan fingerprint density at radius 1 is 1.25 bits per heavy atom. The number of aromatic nitrogens is 1. The van der Waals surface area contributed by atoms with Gasteiger partial charge in [0.05, 0.1) is 12.2 Å². The largest absolute Gasteiger partial charge is 0.351 e. The molecule has 0 spiro atoms. The van der Waals surface area contributed by atoms with Gasteiger partial charge in [0.1, 0.15) is 9.88 Å². The first-order valence-electron chi connectivity index (χ1n) is 9.37. The highest BCUT2D eigenvalue weighted by molar-refractivity contribution is 7.13. The van der Waals surface area contributed by atoms with Crippen molar-refractivity contribution in [1.29, 1.82) is 0 Å². The molecule has 2 heterocycles. The Bertz CT molecular complexity index is 587. The van der Waals surface area contributed by atoms with Crippen LogP contribution in [-0.2, 0) is 6.54 Å². The predicted molar refractivity (Wildman–Crippen MR) is 99.5 cm³/mol. The van der Waals surface area contributed by atoms with Crippen LogP contribution in [0.1, 0.15) is 71.7 Å². The summed E-state index contributed by atoms with van der Waals surface area (Å²) in [4.78, 5) is 20.3. The molecule has 1 aliphatic heterocycles. The van der Waals surface area contributed by atoms with E-state index in [0.717, 1.165) is 48.2 Å². The molecule has 24 heavy (non-hydrogen) atoms. The van der Waals surface area contributed by atoms with Crippen molar-refractivity contribution in [3.63, 3.8) is 0 Å². The van der Waals surface area contributed by atoms with E-state index in [4.69, 9.17) is 0 Å². The van der Waals surface area contributed by atoms with Crippen LogP contribution in [0.15, 0.2) is 11.6 Å². The normalized spacial score (nSPS) is 19.1. The summed E-state index contributed by atoms with van der Waals surface area (Å²) in [5, 5.41) is 4.16. The van der Waals surface area contributed by atoms with Gasteiger partial charge < -0.3 is 5.32 Å². The lowest BCUT2D eigenvalue weighted by Crippen LogP contribution is -2.29. The van der Waals surface area contributed by atoms with E-state index < -0.39 is 0 Å². The number of nitrogens with zero attached hydrogens (tertiary/aromatic N) is 2. The van der Waals surface area contributed by atoms with Crippen LogP contribution < -0.4 is 5.32 Å².